The molecule has 0 saturated heterocycles. The highest BCUT2D eigenvalue weighted by Gasteiger charge is 2.02. The molecule has 0 aliphatic carbocycles. The molecule has 0 aliphatic heterocycles. The van der Waals surface area contributed by atoms with Crippen LogP contribution in [0.25, 0.3) is 6.08 Å². The van der Waals surface area contributed by atoms with E-state index >= 15 is 0 Å². The van der Waals surface area contributed by atoms with E-state index in [4.69, 9.17) is 4.74 Å². The molecule has 2 rings (SSSR count). The third-order valence-corrected chi connectivity index (χ3v) is 3.28. The summed E-state index contributed by atoms with van der Waals surface area (Å²) in [6.45, 7) is 0.911. The highest BCUT2D eigenvalue weighted by Crippen LogP contribution is 2.13. The second kappa shape index (κ2) is 7.57. The SMILES string of the molecule is COc1ccc(C(=O)C=Cc2ccc(CN(C)C)cc2)cc1. The molecular formula is C19H21NO2. The second-order valence-electron chi connectivity index (χ2n) is 5.41. The van der Waals surface area contributed by atoms with E-state index in [9.17, 15) is 4.79 Å². The van der Waals surface area contributed by atoms with Gasteiger partial charge in [-0.1, -0.05) is 30.3 Å². The van der Waals surface area contributed by atoms with Crippen molar-refractivity contribution >= 4 is 11.9 Å². The van der Waals surface area contributed by atoms with Gasteiger partial charge in [-0.25, -0.2) is 0 Å². The van der Waals surface area contributed by atoms with E-state index in [-0.39, 0.29) is 5.78 Å². The smallest absolute Gasteiger partial charge is 0.185 e. The lowest BCUT2D eigenvalue weighted by molar-refractivity contribution is 0.104. The molecule has 0 N–H and O–H groups in total. The summed E-state index contributed by atoms with van der Waals surface area (Å²) in [4.78, 5) is 14.2. The molecule has 0 amide bonds. The van der Waals surface area contributed by atoms with E-state index in [0.717, 1.165) is 17.9 Å². The van der Waals surface area contributed by atoms with Gasteiger partial charge in [-0.05, 0) is 55.6 Å². The number of ether oxygens (including phenoxy) is 1. The molecule has 0 aliphatic rings. The van der Waals surface area contributed by atoms with Crippen LogP contribution in [0.2, 0.25) is 0 Å². The average Bonchev–Trinajstić information content (AvgIpc) is 2.53. The maximum absolute atomic E-state index is 12.1. The Morgan fingerprint density at radius 3 is 2.23 bits per heavy atom. The molecule has 114 valence electrons. The number of allylic oxidation sites excluding steroid dienone is 1. The molecule has 0 unspecified atom stereocenters. The number of carbonyl (C=O) groups is 1. The quantitative estimate of drug-likeness (QED) is 0.602. The van der Waals surface area contributed by atoms with Gasteiger partial charge in [0.15, 0.2) is 5.78 Å². The largest absolute Gasteiger partial charge is 0.497 e. The van der Waals surface area contributed by atoms with Crippen LogP contribution in [-0.4, -0.2) is 31.9 Å². The van der Waals surface area contributed by atoms with E-state index in [0.29, 0.717) is 5.56 Å². The standard InChI is InChI=1S/C19H21NO2/c1-20(2)14-16-6-4-15(5-7-16)8-13-19(21)17-9-11-18(22-3)12-10-17/h4-13H,14H2,1-3H3. The topological polar surface area (TPSA) is 29.5 Å². The van der Waals surface area contributed by atoms with Crippen molar-refractivity contribution in [2.45, 2.75) is 6.54 Å². The van der Waals surface area contributed by atoms with Crippen molar-refractivity contribution in [3.8, 4) is 5.75 Å². The van der Waals surface area contributed by atoms with Crippen LogP contribution in [0.4, 0.5) is 0 Å². The molecule has 0 spiro atoms. The van der Waals surface area contributed by atoms with E-state index in [1.54, 1.807) is 37.5 Å². The summed E-state index contributed by atoms with van der Waals surface area (Å²) in [7, 11) is 5.69. The van der Waals surface area contributed by atoms with Gasteiger partial charge >= 0.3 is 0 Å². The van der Waals surface area contributed by atoms with Crippen molar-refractivity contribution < 1.29 is 9.53 Å². The summed E-state index contributed by atoms with van der Waals surface area (Å²) in [6, 6.07) is 15.3. The van der Waals surface area contributed by atoms with Gasteiger partial charge in [0.05, 0.1) is 7.11 Å². The third-order valence-electron chi connectivity index (χ3n) is 3.28. The van der Waals surface area contributed by atoms with Crippen LogP contribution in [0.3, 0.4) is 0 Å². The Kier molecular flexibility index (Phi) is 5.50. The molecular weight excluding hydrogens is 274 g/mol. The summed E-state index contributed by atoms with van der Waals surface area (Å²) in [6.07, 6.45) is 3.44. The van der Waals surface area contributed by atoms with Crippen molar-refractivity contribution in [2.24, 2.45) is 0 Å². The number of rotatable bonds is 6. The van der Waals surface area contributed by atoms with Crippen LogP contribution >= 0.6 is 0 Å². The Morgan fingerprint density at radius 1 is 1.05 bits per heavy atom. The van der Waals surface area contributed by atoms with Gasteiger partial charge < -0.3 is 9.64 Å². The van der Waals surface area contributed by atoms with Gasteiger partial charge in [0.25, 0.3) is 0 Å². The van der Waals surface area contributed by atoms with E-state index in [2.05, 4.69) is 17.0 Å². The number of ketones is 1. The van der Waals surface area contributed by atoms with Gasteiger partial charge in [0, 0.05) is 12.1 Å². The summed E-state index contributed by atoms with van der Waals surface area (Å²) in [5.41, 5.74) is 2.93. The first-order valence-electron chi connectivity index (χ1n) is 7.18. The number of carbonyl (C=O) groups excluding carboxylic acids is 1. The van der Waals surface area contributed by atoms with Crippen molar-refractivity contribution in [1.29, 1.82) is 0 Å². The molecule has 3 heteroatoms. The lowest BCUT2D eigenvalue weighted by atomic mass is 10.1. The maximum atomic E-state index is 12.1. The van der Waals surface area contributed by atoms with Crippen molar-refractivity contribution in [3.05, 3.63) is 71.3 Å². The Hall–Kier alpha value is -2.39. The summed E-state index contributed by atoms with van der Waals surface area (Å²) < 4.78 is 5.08. The van der Waals surface area contributed by atoms with Gasteiger partial charge in [-0.15, -0.1) is 0 Å². The molecule has 0 atom stereocenters. The maximum Gasteiger partial charge on any atom is 0.185 e. The molecule has 0 aromatic heterocycles. The Labute approximate surface area is 131 Å². The Bertz CT molecular complexity index is 640. The molecule has 2 aromatic carbocycles. The zero-order valence-corrected chi connectivity index (χ0v) is 13.2. The second-order valence-corrected chi connectivity index (χ2v) is 5.41. The fraction of sp³-hybridized carbons (Fsp3) is 0.211. The monoisotopic (exact) mass is 295 g/mol. The Balaban J connectivity index is 2.02. The van der Waals surface area contributed by atoms with Crippen LogP contribution in [0.15, 0.2) is 54.6 Å². The van der Waals surface area contributed by atoms with Gasteiger partial charge in [-0.3, -0.25) is 4.79 Å². The average molecular weight is 295 g/mol. The zero-order chi connectivity index (χ0) is 15.9. The first kappa shape index (κ1) is 16.0. The molecule has 0 heterocycles. The third kappa shape index (κ3) is 4.57. The Morgan fingerprint density at radius 2 is 1.68 bits per heavy atom. The minimum Gasteiger partial charge on any atom is -0.497 e. The van der Waals surface area contributed by atoms with Crippen LogP contribution in [0, 0.1) is 0 Å². The number of hydrogen-bond acceptors (Lipinski definition) is 3. The molecule has 22 heavy (non-hydrogen) atoms. The molecule has 0 bridgehead atoms. The van der Waals surface area contributed by atoms with Gasteiger partial charge in [0.1, 0.15) is 5.75 Å². The van der Waals surface area contributed by atoms with Gasteiger partial charge in [0.2, 0.25) is 0 Å². The molecule has 0 saturated carbocycles. The van der Waals surface area contributed by atoms with Crippen molar-refractivity contribution in [1.82, 2.24) is 4.90 Å². The van der Waals surface area contributed by atoms with Crippen LogP contribution in [0.5, 0.6) is 5.75 Å². The van der Waals surface area contributed by atoms with E-state index in [1.165, 1.54) is 5.56 Å². The fourth-order valence-corrected chi connectivity index (χ4v) is 2.12. The minimum absolute atomic E-state index is 0.0139. The zero-order valence-electron chi connectivity index (χ0n) is 13.2. The van der Waals surface area contributed by atoms with Crippen molar-refractivity contribution in [2.75, 3.05) is 21.2 Å². The van der Waals surface area contributed by atoms with E-state index < -0.39 is 0 Å². The molecule has 2 aromatic rings. The lowest BCUT2D eigenvalue weighted by Gasteiger charge is -2.09. The lowest BCUT2D eigenvalue weighted by Crippen LogP contribution is -2.10. The van der Waals surface area contributed by atoms with Crippen LogP contribution < -0.4 is 4.74 Å². The number of benzene rings is 2. The number of nitrogens with zero attached hydrogens (tertiary/aromatic N) is 1. The van der Waals surface area contributed by atoms with Crippen LogP contribution in [-0.2, 0) is 6.54 Å². The predicted molar refractivity (Wildman–Crippen MR) is 90.2 cm³/mol. The molecule has 0 fully saturated rings. The summed E-state index contributed by atoms with van der Waals surface area (Å²) >= 11 is 0. The predicted octanol–water partition coefficient (Wildman–Crippen LogP) is 3.65. The summed E-state index contributed by atoms with van der Waals surface area (Å²) in [5, 5.41) is 0. The minimum atomic E-state index is -0.0139. The first-order chi connectivity index (χ1) is 10.6. The van der Waals surface area contributed by atoms with Crippen LogP contribution in [0.1, 0.15) is 21.5 Å². The number of methoxy groups -OCH3 is 1. The molecule has 0 radical (unpaired) electrons. The fourth-order valence-electron chi connectivity index (χ4n) is 2.12. The van der Waals surface area contributed by atoms with E-state index in [1.807, 2.05) is 32.3 Å². The summed E-state index contributed by atoms with van der Waals surface area (Å²) in [5.74, 6) is 0.733. The van der Waals surface area contributed by atoms with Gasteiger partial charge in [-0.2, -0.15) is 0 Å². The van der Waals surface area contributed by atoms with Crippen molar-refractivity contribution in [3.63, 3.8) is 0 Å². The number of hydrogen-bond donors (Lipinski definition) is 0. The first-order valence-corrected chi connectivity index (χ1v) is 7.18. The highest BCUT2D eigenvalue weighted by atomic mass is 16.5. The normalized spacial score (nSPS) is 11.1. The molecule has 3 nitrogen and oxygen atoms in total. The highest BCUT2D eigenvalue weighted by molar-refractivity contribution is 6.06.